The maximum Gasteiger partial charge on any atom is 0.331 e. The van der Waals surface area contributed by atoms with Crippen LogP contribution < -0.4 is 0 Å². The number of allylic oxidation sites excluding steroid dienone is 3. The number of esters is 2. The minimum absolute atomic E-state index is 0.203. The molecule has 0 radical (unpaired) electrons. The van der Waals surface area contributed by atoms with Gasteiger partial charge in [-0.2, -0.15) is 0 Å². The van der Waals surface area contributed by atoms with Crippen LogP contribution in [0, 0.1) is 0 Å². The number of carbonyl (C=O) groups is 2. The maximum atomic E-state index is 12.9. The molecule has 7 N–H and O–H groups in total. The van der Waals surface area contributed by atoms with Crippen molar-refractivity contribution in [3.63, 3.8) is 0 Å². The van der Waals surface area contributed by atoms with E-state index in [4.69, 9.17) is 28.4 Å². The summed E-state index contributed by atoms with van der Waals surface area (Å²) in [5, 5.41) is 72.1. The van der Waals surface area contributed by atoms with Gasteiger partial charge < -0.3 is 64.2 Å². The Balaban J connectivity index is 1.80. The molecule has 11 atom stereocenters. The van der Waals surface area contributed by atoms with Crippen molar-refractivity contribution >= 4 is 11.9 Å². The average molecular weight is 987 g/mol. The molecule has 15 heteroatoms. The van der Waals surface area contributed by atoms with Gasteiger partial charge in [0.25, 0.3) is 0 Å². The summed E-state index contributed by atoms with van der Waals surface area (Å²) in [6.07, 6.45) is 26.9. The summed E-state index contributed by atoms with van der Waals surface area (Å²) in [4.78, 5) is 25.7. The Morgan fingerprint density at radius 1 is 0.493 bits per heavy atom. The molecule has 0 amide bonds. The van der Waals surface area contributed by atoms with Crippen LogP contribution >= 0.6 is 0 Å². The van der Waals surface area contributed by atoms with Crippen LogP contribution in [0.5, 0.6) is 0 Å². The average Bonchev–Trinajstić information content (AvgIpc) is 3.34. The zero-order valence-corrected chi connectivity index (χ0v) is 42.8. The smallest absolute Gasteiger partial charge is 0.331 e. The second kappa shape index (κ2) is 41.5. The van der Waals surface area contributed by atoms with Gasteiger partial charge in [-0.15, -0.1) is 0 Å². The lowest BCUT2D eigenvalue weighted by Crippen LogP contribution is -2.61. The lowest BCUT2D eigenvalue weighted by Gasteiger charge is -2.42. The number of carbonyl (C=O) groups excluding carboxylic acids is 2. The highest BCUT2D eigenvalue weighted by Gasteiger charge is 2.47. The first kappa shape index (κ1) is 63.1. The molecule has 15 nitrogen and oxygen atoms in total. The molecule has 0 aromatic rings. The van der Waals surface area contributed by atoms with Crippen LogP contribution in [0.1, 0.15) is 213 Å². The van der Waals surface area contributed by atoms with Crippen LogP contribution in [0.2, 0.25) is 0 Å². The quantitative estimate of drug-likeness (QED) is 0.0132. The van der Waals surface area contributed by atoms with E-state index in [1.807, 2.05) is 6.08 Å². The topological polar surface area (TPSA) is 231 Å². The fraction of sp³-hybridized carbons (Fsp3) is 0.889. The minimum Gasteiger partial charge on any atom is -0.462 e. The van der Waals surface area contributed by atoms with Crippen LogP contribution in [0.25, 0.3) is 0 Å². The van der Waals surface area contributed by atoms with Gasteiger partial charge in [-0.25, -0.2) is 4.79 Å². The molecule has 2 aliphatic heterocycles. The van der Waals surface area contributed by atoms with E-state index in [-0.39, 0.29) is 13.0 Å². The summed E-state index contributed by atoms with van der Waals surface area (Å²) < 4.78 is 33.4. The fourth-order valence-corrected chi connectivity index (χ4v) is 8.77. The van der Waals surface area contributed by atoms with Gasteiger partial charge >= 0.3 is 11.9 Å². The van der Waals surface area contributed by atoms with Gasteiger partial charge in [-0.05, 0) is 19.3 Å². The zero-order chi connectivity index (χ0) is 50.3. The van der Waals surface area contributed by atoms with Crippen molar-refractivity contribution in [1.82, 2.24) is 0 Å². The molecule has 2 heterocycles. The molecule has 2 rings (SSSR count). The summed E-state index contributed by atoms with van der Waals surface area (Å²) in [5.41, 5.74) is 0. The summed E-state index contributed by atoms with van der Waals surface area (Å²) >= 11 is 0. The largest absolute Gasteiger partial charge is 0.462 e. The molecule has 2 saturated heterocycles. The first-order valence-electron chi connectivity index (χ1n) is 27.5. The standard InChI is InChI=1S/C54H98O15/c1-3-5-7-9-11-13-15-17-19-20-21-23-24-26-28-30-32-34-36-45(56)64-39-42(67-46(57)37-35-33-31-29-27-25-22-18-16-14-12-10-8-6-4-2)40-65-53-52(63)50(61)48(59)44(69-53)41-66-54-51(62)49(60)47(58)43(38-55)68-54/h31,33,35,37,42-44,47-55,58-63H,3-30,32,34,36,38-41H2,1-2H3/b33-31+,37-35+/t42-,43+,44+,47-,48-,49?,50?,51?,52?,53+,54+/m0/s1. The predicted molar refractivity (Wildman–Crippen MR) is 266 cm³/mol. The van der Waals surface area contributed by atoms with Crippen molar-refractivity contribution in [2.45, 2.75) is 280 Å². The van der Waals surface area contributed by atoms with Crippen LogP contribution in [0.15, 0.2) is 24.3 Å². The highest BCUT2D eigenvalue weighted by Crippen LogP contribution is 2.26. The van der Waals surface area contributed by atoms with Crippen molar-refractivity contribution in [1.29, 1.82) is 0 Å². The Hall–Kier alpha value is -2.02. The highest BCUT2D eigenvalue weighted by molar-refractivity contribution is 5.82. The molecule has 69 heavy (non-hydrogen) atoms. The third kappa shape index (κ3) is 29.3. The van der Waals surface area contributed by atoms with Gasteiger partial charge in [0.1, 0.15) is 55.4 Å². The summed E-state index contributed by atoms with van der Waals surface area (Å²) in [7, 11) is 0. The van der Waals surface area contributed by atoms with Crippen molar-refractivity contribution in [3.05, 3.63) is 24.3 Å². The van der Waals surface area contributed by atoms with Crippen molar-refractivity contribution in [2.75, 3.05) is 26.4 Å². The number of rotatable bonds is 43. The van der Waals surface area contributed by atoms with Gasteiger partial charge in [-0.3, -0.25) is 4.79 Å². The van der Waals surface area contributed by atoms with E-state index in [2.05, 4.69) is 13.8 Å². The third-order valence-electron chi connectivity index (χ3n) is 13.3. The number of hydrogen-bond donors (Lipinski definition) is 7. The third-order valence-corrected chi connectivity index (χ3v) is 13.3. The molecule has 2 fully saturated rings. The van der Waals surface area contributed by atoms with Gasteiger partial charge in [0.15, 0.2) is 18.7 Å². The zero-order valence-electron chi connectivity index (χ0n) is 42.8. The number of aliphatic hydroxyl groups is 7. The Bertz CT molecular complexity index is 1300. The molecular formula is C54H98O15. The Morgan fingerprint density at radius 3 is 1.39 bits per heavy atom. The summed E-state index contributed by atoms with van der Waals surface area (Å²) in [6.45, 7) is 2.51. The number of unbranched alkanes of at least 4 members (excludes halogenated alkanes) is 28. The SMILES string of the molecule is CCCCCCCCCCCCC/C=C/C=C/C(=O)O[C@@H](COC(=O)CCCCCCCCCCCCCCCCCCCC)CO[C@@H]1O[C@H](CO[C@@H]2O[C@H](CO)[C@H](O)C(O)C2O)[C@H](O)C(O)C1O. The van der Waals surface area contributed by atoms with Gasteiger partial charge in [0.05, 0.1) is 19.8 Å². The molecule has 0 saturated carbocycles. The Morgan fingerprint density at radius 2 is 0.913 bits per heavy atom. The van der Waals surface area contributed by atoms with E-state index in [9.17, 15) is 45.3 Å². The molecular weight excluding hydrogens is 889 g/mol. The minimum atomic E-state index is -1.78. The van der Waals surface area contributed by atoms with Gasteiger partial charge in [0, 0.05) is 12.5 Å². The van der Waals surface area contributed by atoms with Gasteiger partial charge in [0.2, 0.25) is 0 Å². The molecule has 2 aliphatic rings. The van der Waals surface area contributed by atoms with Crippen molar-refractivity contribution in [3.8, 4) is 0 Å². The van der Waals surface area contributed by atoms with Gasteiger partial charge in [-0.1, -0.05) is 205 Å². The molecule has 0 aliphatic carbocycles. The molecule has 404 valence electrons. The van der Waals surface area contributed by atoms with E-state index in [0.29, 0.717) is 6.42 Å². The number of hydrogen-bond acceptors (Lipinski definition) is 15. The first-order valence-corrected chi connectivity index (χ1v) is 27.5. The predicted octanol–water partition coefficient (Wildman–Crippen LogP) is 8.33. The normalized spacial score (nSPS) is 25.7. The van der Waals surface area contributed by atoms with Crippen LogP contribution in [0.4, 0.5) is 0 Å². The van der Waals surface area contributed by atoms with Crippen LogP contribution in [-0.2, 0) is 38.0 Å². The van der Waals surface area contributed by atoms with Crippen LogP contribution in [0.3, 0.4) is 0 Å². The monoisotopic (exact) mass is 987 g/mol. The molecule has 0 bridgehead atoms. The lowest BCUT2D eigenvalue weighted by molar-refractivity contribution is -0.332. The lowest BCUT2D eigenvalue weighted by atomic mass is 9.98. The van der Waals surface area contributed by atoms with E-state index >= 15 is 0 Å². The molecule has 0 aromatic heterocycles. The fourth-order valence-electron chi connectivity index (χ4n) is 8.77. The Kier molecular flexibility index (Phi) is 37.9. The maximum absolute atomic E-state index is 12.9. The van der Waals surface area contributed by atoms with Crippen molar-refractivity contribution < 1.29 is 73.8 Å². The summed E-state index contributed by atoms with van der Waals surface area (Å²) in [5.74, 6) is -1.17. The second-order valence-electron chi connectivity index (χ2n) is 19.5. The summed E-state index contributed by atoms with van der Waals surface area (Å²) in [6, 6.07) is 0. The Labute approximate surface area is 415 Å². The van der Waals surface area contributed by atoms with Crippen molar-refractivity contribution in [2.24, 2.45) is 0 Å². The molecule has 0 spiro atoms. The van der Waals surface area contributed by atoms with E-state index in [0.717, 1.165) is 38.5 Å². The van der Waals surface area contributed by atoms with E-state index < -0.39 is 99.3 Å². The molecule has 0 aromatic carbocycles. The second-order valence-corrected chi connectivity index (χ2v) is 19.5. The first-order chi connectivity index (χ1) is 33.5. The number of aliphatic hydroxyl groups excluding tert-OH is 7. The van der Waals surface area contributed by atoms with E-state index in [1.165, 1.54) is 154 Å². The number of ether oxygens (including phenoxy) is 6. The molecule has 4 unspecified atom stereocenters. The van der Waals surface area contributed by atoms with Crippen LogP contribution in [-0.4, -0.2) is 142 Å². The van der Waals surface area contributed by atoms with E-state index in [1.54, 1.807) is 12.2 Å². The highest BCUT2D eigenvalue weighted by atomic mass is 16.7.